The van der Waals surface area contributed by atoms with Crippen LogP contribution < -0.4 is 4.74 Å². The van der Waals surface area contributed by atoms with Gasteiger partial charge in [-0.15, -0.1) is 0 Å². The molecule has 2 aromatic heterocycles. The number of nitrogens with zero attached hydrogens (tertiary/aromatic N) is 3. The van der Waals surface area contributed by atoms with E-state index in [1.807, 2.05) is 18.2 Å². The van der Waals surface area contributed by atoms with Gasteiger partial charge in [-0.05, 0) is 49.2 Å². The molecule has 1 atom stereocenters. The second-order valence-electron chi connectivity index (χ2n) is 7.36. The zero-order valence-corrected chi connectivity index (χ0v) is 17.5. The molecule has 1 aliphatic heterocycles. The average Bonchev–Trinajstić information content (AvgIpc) is 3.33. The summed E-state index contributed by atoms with van der Waals surface area (Å²) in [7, 11) is -3.77. The quantitative estimate of drug-likeness (QED) is 0.576. The summed E-state index contributed by atoms with van der Waals surface area (Å²) >= 11 is 0. The third-order valence-electron chi connectivity index (χ3n) is 5.20. The number of rotatable bonds is 7. The average molecular weight is 442 g/mol. The minimum atomic E-state index is -3.77. The van der Waals surface area contributed by atoms with Gasteiger partial charge in [0, 0.05) is 25.2 Å². The predicted octanol–water partition coefficient (Wildman–Crippen LogP) is 2.65. The molecule has 162 valence electrons. The molecule has 1 saturated heterocycles. The Morgan fingerprint density at radius 1 is 1.26 bits per heavy atom. The highest BCUT2D eigenvalue weighted by Gasteiger charge is 2.31. The Bertz CT molecular complexity index is 1150. The molecule has 9 nitrogen and oxygen atoms in total. The SMILES string of the molecule is O=C(O)c1cccc(S(=O)(=O)N2CCCC(COc3ccc(-c4ccn[nH]4)nc3)C2)c1. The van der Waals surface area contributed by atoms with Crippen LogP contribution in [0.25, 0.3) is 11.4 Å². The van der Waals surface area contributed by atoms with Crippen molar-refractivity contribution in [3.8, 4) is 17.1 Å². The first-order valence-corrected chi connectivity index (χ1v) is 11.3. The van der Waals surface area contributed by atoms with Gasteiger partial charge in [0.25, 0.3) is 0 Å². The van der Waals surface area contributed by atoms with Gasteiger partial charge in [-0.25, -0.2) is 13.2 Å². The van der Waals surface area contributed by atoms with Crippen molar-refractivity contribution in [2.45, 2.75) is 17.7 Å². The largest absolute Gasteiger partial charge is 0.492 e. The van der Waals surface area contributed by atoms with Gasteiger partial charge < -0.3 is 9.84 Å². The van der Waals surface area contributed by atoms with Crippen molar-refractivity contribution < 1.29 is 23.1 Å². The van der Waals surface area contributed by atoms with Gasteiger partial charge in [0.15, 0.2) is 0 Å². The van der Waals surface area contributed by atoms with E-state index in [1.165, 1.54) is 28.6 Å². The van der Waals surface area contributed by atoms with Crippen molar-refractivity contribution in [1.82, 2.24) is 19.5 Å². The first-order valence-electron chi connectivity index (χ1n) is 9.85. The Balaban J connectivity index is 1.39. The van der Waals surface area contributed by atoms with Crippen LogP contribution in [0.5, 0.6) is 5.75 Å². The Kier molecular flexibility index (Phi) is 6.01. The summed E-state index contributed by atoms with van der Waals surface area (Å²) < 4.78 is 33.3. The molecular formula is C21H22N4O5S. The van der Waals surface area contributed by atoms with Gasteiger partial charge in [0.2, 0.25) is 10.0 Å². The molecule has 0 spiro atoms. The maximum absolute atomic E-state index is 13.0. The molecule has 1 aromatic carbocycles. The van der Waals surface area contributed by atoms with Crippen molar-refractivity contribution in [3.05, 3.63) is 60.4 Å². The van der Waals surface area contributed by atoms with Crippen LogP contribution in [0.4, 0.5) is 0 Å². The maximum Gasteiger partial charge on any atom is 0.335 e. The number of piperidine rings is 1. The van der Waals surface area contributed by atoms with E-state index in [2.05, 4.69) is 15.2 Å². The summed E-state index contributed by atoms with van der Waals surface area (Å²) in [4.78, 5) is 15.5. The third kappa shape index (κ3) is 4.75. The number of aromatic nitrogens is 3. The van der Waals surface area contributed by atoms with Crippen molar-refractivity contribution in [1.29, 1.82) is 0 Å². The van der Waals surface area contributed by atoms with Crippen LogP contribution in [-0.4, -0.2) is 58.7 Å². The second-order valence-corrected chi connectivity index (χ2v) is 9.30. The van der Waals surface area contributed by atoms with E-state index in [0.717, 1.165) is 17.8 Å². The summed E-state index contributed by atoms with van der Waals surface area (Å²) in [6, 6.07) is 10.9. The van der Waals surface area contributed by atoms with Crippen molar-refractivity contribution in [3.63, 3.8) is 0 Å². The van der Waals surface area contributed by atoms with E-state index in [4.69, 9.17) is 9.84 Å². The molecule has 3 aromatic rings. The third-order valence-corrected chi connectivity index (χ3v) is 7.06. The molecule has 0 amide bonds. The molecule has 4 rings (SSSR count). The number of hydrogen-bond acceptors (Lipinski definition) is 6. The highest BCUT2D eigenvalue weighted by atomic mass is 32.2. The molecule has 0 bridgehead atoms. The van der Waals surface area contributed by atoms with Crippen LogP contribution in [0.3, 0.4) is 0 Å². The van der Waals surface area contributed by atoms with Crippen molar-refractivity contribution in [2.75, 3.05) is 19.7 Å². The monoisotopic (exact) mass is 442 g/mol. The lowest BCUT2D eigenvalue weighted by molar-refractivity contribution is 0.0696. The van der Waals surface area contributed by atoms with E-state index >= 15 is 0 Å². The number of aromatic amines is 1. The fraction of sp³-hybridized carbons (Fsp3) is 0.286. The Hall–Kier alpha value is -3.24. The number of carboxylic acid groups (broad SMARTS) is 1. The van der Waals surface area contributed by atoms with Gasteiger partial charge >= 0.3 is 5.97 Å². The van der Waals surface area contributed by atoms with Gasteiger partial charge in [-0.2, -0.15) is 9.40 Å². The topological polar surface area (TPSA) is 125 Å². The summed E-state index contributed by atoms with van der Waals surface area (Å²) in [5.41, 5.74) is 1.51. The summed E-state index contributed by atoms with van der Waals surface area (Å²) in [5, 5.41) is 15.9. The highest BCUT2D eigenvalue weighted by molar-refractivity contribution is 7.89. The molecular weight excluding hydrogens is 420 g/mol. The van der Waals surface area contributed by atoms with Crippen LogP contribution in [0.2, 0.25) is 0 Å². The van der Waals surface area contributed by atoms with E-state index in [-0.39, 0.29) is 16.4 Å². The standard InChI is InChI=1S/C21H22N4O5S/c26-21(27)16-4-1-5-18(11-16)31(28,29)25-10-2-3-15(13-25)14-30-17-6-7-19(22-12-17)20-8-9-23-24-20/h1,4-9,11-12,15H,2-3,10,13-14H2,(H,23,24)(H,26,27). The fourth-order valence-corrected chi connectivity index (χ4v) is 5.16. The molecule has 1 aliphatic rings. The van der Waals surface area contributed by atoms with Gasteiger partial charge in [-0.1, -0.05) is 6.07 Å². The number of carboxylic acids is 1. The van der Waals surface area contributed by atoms with E-state index in [1.54, 1.807) is 12.4 Å². The zero-order chi connectivity index (χ0) is 21.8. The minimum absolute atomic E-state index is 0.00689. The number of H-pyrrole nitrogens is 1. The zero-order valence-electron chi connectivity index (χ0n) is 16.6. The van der Waals surface area contributed by atoms with Crippen LogP contribution >= 0.6 is 0 Å². The number of nitrogens with one attached hydrogen (secondary N) is 1. The van der Waals surface area contributed by atoms with E-state index in [9.17, 15) is 13.2 Å². The molecule has 0 radical (unpaired) electrons. The van der Waals surface area contributed by atoms with Gasteiger partial charge in [0.1, 0.15) is 5.75 Å². The normalized spacial score (nSPS) is 17.4. The van der Waals surface area contributed by atoms with Gasteiger partial charge in [0.05, 0.1) is 34.7 Å². The first kappa shape index (κ1) is 21.0. The van der Waals surface area contributed by atoms with Crippen LogP contribution in [0.15, 0.2) is 59.8 Å². The number of sulfonamides is 1. The summed E-state index contributed by atoms with van der Waals surface area (Å²) in [5.74, 6) is -0.523. The number of hydrogen-bond donors (Lipinski definition) is 2. The Morgan fingerprint density at radius 2 is 2.13 bits per heavy atom. The van der Waals surface area contributed by atoms with E-state index < -0.39 is 16.0 Å². The molecule has 0 saturated carbocycles. The highest BCUT2D eigenvalue weighted by Crippen LogP contribution is 2.25. The lowest BCUT2D eigenvalue weighted by atomic mass is 10.0. The Labute approximate surface area is 179 Å². The lowest BCUT2D eigenvalue weighted by Gasteiger charge is -2.31. The predicted molar refractivity (Wildman–Crippen MR) is 112 cm³/mol. The first-order chi connectivity index (χ1) is 14.9. The number of carbonyl (C=O) groups is 1. The molecule has 1 unspecified atom stereocenters. The van der Waals surface area contributed by atoms with Crippen LogP contribution in [-0.2, 0) is 10.0 Å². The summed E-state index contributed by atoms with van der Waals surface area (Å²) in [6.45, 7) is 1.09. The van der Waals surface area contributed by atoms with Crippen molar-refractivity contribution in [2.24, 2.45) is 5.92 Å². The molecule has 0 aliphatic carbocycles. The molecule has 2 N–H and O–H groups in total. The second kappa shape index (κ2) is 8.86. The minimum Gasteiger partial charge on any atom is -0.492 e. The van der Waals surface area contributed by atoms with Gasteiger partial charge in [-0.3, -0.25) is 10.1 Å². The smallest absolute Gasteiger partial charge is 0.335 e. The van der Waals surface area contributed by atoms with E-state index in [0.29, 0.717) is 31.9 Å². The molecule has 31 heavy (non-hydrogen) atoms. The summed E-state index contributed by atoms with van der Waals surface area (Å²) in [6.07, 6.45) is 4.84. The molecule has 10 heteroatoms. The van der Waals surface area contributed by atoms with Crippen molar-refractivity contribution >= 4 is 16.0 Å². The Morgan fingerprint density at radius 3 is 2.84 bits per heavy atom. The lowest BCUT2D eigenvalue weighted by Crippen LogP contribution is -2.41. The number of aromatic carboxylic acids is 1. The fourth-order valence-electron chi connectivity index (χ4n) is 3.56. The number of benzene rings is 1. The number of pyridine rings is 1. The van der Waals surface area contributed by atoms with Crippen LogP contribution in [0.1, 0.15) is 23.2 Å². The molecule has 1 fully saturated rings. The molecule has 3 heterocycles. The number of ether oxygens (including phenoxy) is 1. The van der Waals surface area contributed by atoms with Crippen LogP contribution in [0, 0.1) is 5.92 Å². The maximum atomic E-state index is 13.0.